The minimum atomic E-state index is -0.720. The molecule has 0 spiro atoms. The molecule has 0 saturated carbocycles. The molecule has 0 heterocycles. The summed E-state index contributed by atoms with van der Waals surface area (Å²) >= 11 is 3.06. The Hall–Kier alpha value is -0.780. The molecule has 5 N–H and O–H groups in total. The number of rotatable bonds is 3. The maximum atomic E-state index is 9.57. The zero-order valence-electron chi connectivity index (χ0n) is 7.44. The van der Waals surface area contributed by atoms with Crippen molar-refractivity contribution < 1.29 is 15.3 Å². The second kappa shape index (κ2) is 4.63. The molecule has 0 aliphatic carbocycles. The Labute approximate surface area is 90.1 Å². The minimum Gasteiger partial charge on any atom is -0.504 e. The topological polar surface area (TPSA) is 86.7 Å². The third-order valence-electron chi connectivity index (χ3n) is 1.89. The molecular weight excluding hydrogens is 250 g/mol. The molecule has 0 radical (unpaired) electrons. The highest BCUT2D eigenvalue weighted by atomic mass is 79.9. The number of hydrogen-bond donors (Lipinski definition) is 4. The van der Waals surface area contributed by atoms with Crippen LogP contribution in [0.15, 0.2) is 16.6 Å². The van der Waals surface area contributed by atoms with Gasteiger partial charge < -0.3 is 21.1 Å². The summed E-state index contributed by atoms with van der Waals surface area (Å²) in [6, 6.07) is 2.87. The number of nitrogens with two attached hydrogens (primary N) is 1. The summed E-state index contributed by atoms with van der Waals surface area (Å²) in [6.07, 6.45) is -0.306. The van der Waals surface area contributed by atoms with E-state index in [4.69, 9.17) is 5.73 Å². The number of hydrogen-bond acceptors (Lipinski definition) is 4. The zero-order valence-corrected chi connectivity index (χ0v) is 9.03. The highest BCUT2D eigenvalue weighted by molar-refractivity contribution is 9.10. The Balaban J connectivity index is 3.00. The smallest absolute Gasteiger partial charge is 0.171 e. The van der Waals surface area contributed by atoms with Gasteiger partial charge in [0.05, 0.1) is 10.6 Å². The Morgan fingerprint density at radius 1 is 1.36 bits per heavy atom. The van der Waals surface area contributed by atoms with Crippen LogP contribution < -0.4 is 5.73 Å². The molecule has 14 heavy (non-hydrogen) atoms. The van der Waals surface area contributed by atoms with E-state index in [1.807, 2.05) is 0 Å². The summed E-state index contributed by atoms with van der Waals surface area (Å²) in [5.41, 5.74) is 5.81. The Bertz CT molecular complexity index is 307. The molecule has 1 unspecified atom stereocenters. The lowest BCUT2D eigenvalue weighted by Gasteiger charge is -2.11. The molecule has 1 aromatic carbocycles. The lowest BCUT2D eigenvalue weighted by atomic mass is 10.1. The van der Waals surface area contributed by atoms with Gasteiger partial charge in [-0.05, 0) is 46.6 Å². The zero-order chi connectivity index (χ0) is 10.7. The molecule has 0 aliphatic rings. The van der Waals surface area contributed by atoms with Gasteiger partial charge in [0, 0.05) is 0 Å². The fourth-order valence-corrected chi connectivity index (χ4v) is 1.59. The van der Waals surface area contributed by atoms with E-state index in [1.54, 1.807) is 6.07 Å². The maximum absolute atomic E-state index is 9.57. The number of halogens is 1. The lowest BCUT2D eigenvalue weighted by molar-refractivity contribution is 0.169. The SMILES string of the molecule is NCCC(O)c1cc(O)c(O)c(Br)c1. The third kappa shape index (κ3) is 2.37. The van der Waals surface area contributed by atoms with Crippen molar-refractivity contribution in [3.8, 4) is 11.5 Å². The second-order valence-electron chi connectivity index (χ2n) is 2.96. The van der Waals surface area contributed by atoms with Gasteiger partial charge in [-0.3, -0.25) is 0 Å². The van der Waals surface area contributed by atoms with Crippen LogP contribution in [-0.2, 0) is 0 Å². The van der Waals surface area contributed by atoms with E-state index < -0.39 is 6.10 Å². The second-order valence-corrected chi connectivity index (χ2v) is 3.82. The van der Waals surface area contributed by atoms with Crippen LogP contribution in [-0.4, -0.2) is 21.9 Å². The summed E-state index contributed by atoms with van der Waals surface area (Å²) in [5, 5.41) is 28.1. The maximum Gasteiger partial charge on any atom is 0.171 e. The van der Waals surface area contributed by atoms with Crippen molar-refractivity contribution in [3.63, 3.8) is 0 Å². The van der Waals surface area contributed by atoms with E-state index in [-0.39, 0.29) is 11.5 Å². The number of aliphatic hydroxyl groups excluding tert-OH is 1. The highest BCUT2D eigenvalue weighted by Gasteiger charge is 2.12. The first kappa shape index (κ1) is 11.3. The molecule has 0 saturated heterocycles. The van der Waals surface area contributed by atoms with Gasteiger partial charge in [0.15, 0.2) is 11.5 Å². The van der Waals surface area contributed by atoms with Crippen molar-refractivity contribution in [2.24, 2.45) is 5.73 Å². The van der Waals surface area contributed by atoms with Crippen LogP contribution in [0.25, 0.3) is 0 Å². The van der Waals surface area contributed by atoms with Crippen molar-refractivity contribution in [1.29, 1.82) is 0 Å². The summed E-state index contributed by atoms with van der Waals surface area (Å²) in [6.45, 7) is 0.362. The Kier molecular flexibility index (Phi) is 3.74. The summed E-state index contributed by atoms with van der Waals surface area (Å²) in [5.74, 6) is -0.487. The van der Waals surface area contributed by atoms with Crippen molar-refractivity contribution in [3.05, 3.63) is 22.2 Å². The average molecular weight is 262 g/mol. The molecule has 4 nitrogen and oxygen atoms in total. The van der Waals surface area contributed by atoms with Crippen LogP contribution in [0.2, 0.25) is 0 Å². The summed E-state index contributed by atoms with van der Waals surface area (Å²) in [4.78, 5) is 0. The van der Waals surface area contributed by atoms with Crippen LogP contribution in [0.5, 0.6) is 11.5 Å². The van der Waals surface area contributed by atoms with Crippen LogP contribution in [0.1, 0.15) is 18.1 Å². The lowest BCUT2D eigenvalue weighted by Crippen LogP contribution is -2.06. The van der Waals surface area contributed by atoms with Crippen LogP contribution in [0.4, 0.5) is 0 Å². The number of phenolic OH excluding ortho intramolecular Hbond substituents is 2. The van der Waals surface area contributed by atoms with Gasteiger partial charge in [-0.2, -0.15) is 0 Å². The van der Waals surface area contributed by atoms with E-state index in [9.17, 15) is 15.3 Å². The van der Waals surface area contributed by atoms with Gasteiger partial charge in [-0.1, -0.05) is 0 Å². The predicted molar refractivity (Wildman–Crippen MR) is 56.1 cm³/mol. The first-order valence-electron chi connectivity index (χ1n) is 4.15. The predicted octanol–water partition coefficient (Wildman–Crippen LogP) is 1.24. The molecule has 5 heteroatoms. The van der Waals surface area contributed by atoms with Gasteiger partial charge in [0.25, 0.3) is 0 Å². The Morgan fingerprint density at radius 2 is 2.00 bits per heavy atom. The molecule has 1 aromatic rings. The standard InChI is InChI=1S/C9H12BrNO3/c10-6-3-5(7(12)1-2-11)4-8(13)9(6)14/h3-4,7,12-14H,1-2,11H2. The summed E-state index contributed by atoms with van der Waals surface area (Å²) in [7, 11) is 0. The van der Waals surface area contributed by atoms with E-state index in [1.165, 1.54) is 6.07 Å². The van der Waals surface area contributed by atoms with Gasteiger partial charge in [-0.15, -0.1) is 0 Å². The van der Waals surface area contributed by atoms with Crippen LogP contribution >= 0.6 is 15.9 Å². The van der Waals surface area contributed by atoms with Gasteiger partial charge in [0.2, 0.25) is 0 Å². The number of aliphatic hydroxyl groups is 1. The molecule has 0 bridgehead atoms. The monoisotopic (exact) mass is 261 g/mol. The molecule has 0 aromatic heterocycles. The van der Waals surface area contributed by atoms with E-state index >= 15 is 0 Å². The number of benzene rings is 1. The third-order valence-corrected chi connectivity index (χ3v) is 2.49. The molecule has 0 amide bonds. The van der Waals surface area contributed by atoms with Crippen molar-refractivity contribution >= 4 is 15.9 Å². The van der Waals surface area contributed by atoms with E-state index in [0.29, 0.717) is 23.0 Å². The average Bonchev–Trinajstić information content (AvgIpc) is 2.13. The normalized spacial score (nSPS) is 12.8. The number of phenols is 2. The van der Waals surface area contributed by atoms with Crippen LogP contribution in [0.3, 0.4) is 0 Å². The molecule has 1 atom stereocenters. The molecule has 78 valence electrons. The van der Waals surface area contributed by atoms with Crippen molar-refractivity contribution in [2.75, 3.05) is 6.54 Å². The molecule has 1 rings (SSSR count). The highest BCUT2D eigenvalue weighted by Crippen LogP contribution is 2.36. The van der Waals surface area contributed by atoms with E-state index in [2.05, 4.69) is 15.9 Å². The quantitative estimate of drug-likeness (QED) is 0.617. The first-order chi connectivity index (χ1) is 6.56. The van der Waals surface area contributed by atoms with Gasteiger partial charge >= 0.3 is 0 Å². The molecule has 0 aliphatic heterocycles. The largest absolute Gasteiger partial charge is 0.504 e. The molecular formula is C9H12BrNO3. The summed E-state index contributed by atoms with van der Waals surface area (Å²) < 4.78 is 0.351. The van der Waals surface area contributed by atoms with Crippen molar-refractivity contribution in [2.45, 2.75) is 12.5 Å². The first-order valence-corrected chi connectivity index (χ1v) is 4.95. The number of aromatic hydroxyl groups is 2. The van der Waals surface area contributed by atoms with Gasteiger partial charge in [-0.25, -0.2) is 0 Å². The van der Waals surface area contributed by atoms with E-state index in [0.717, 1.165) is 0 Å². The minimum absolute atomic E-state index is 0.228. The van der Waals surface area contributed by atoms with Gasteiger partial charge in [0.1, 0.15) is 0 Å². The van der Waals surface area contributed by atoms with Crippen LogP contribution in [0, 0.1) is 0 Å². The van der Waals surface area contributed by atoms with Crippen molar-refractivity contribution in [1.82, 2.24) is 0 Å². The molecule has 0 fully saturated rings. The fourth-order valence-electron chi connectivity index (χ4n) is 1.12. The fraction of sp³-hybridized carbons (Fsp3) is 0.333. The Morgan fingerprint density at radius 3 is 2.50 bits per heavy atom.